The van der Waals surface area contributed by atoms with Crippen molar-refractivity contribution in [3.05, 3.63) is 87.9 Å². The van der Waals surface area contributed by atoms with Crippen LogP contribution in [0.5, 0.6) is 28.7 Å². The van der Waals surface area contributed by atoms with E-state index in [-0.39, 0.29) is 0 Å². The highest BCUT2D eigenvalue weighted by molar-refractivity contribution is 7.14. The Morgan fingerprint density at radius 3 is 1.93 bits per heavy atom. The van der Waals surface area contributed by atoms with Gasteiger partial charge in [-0.1, -0.05) is 24.3 Å². The number of rotatable bonds is 6. The molecule has 7 aromatic rings. The van der Waals surface area contributed by atoms with Gasteiger partial charge in [-0.05, 0) is 47.5 Å². The van der Waals surface area contributed by atoms with Crippen molar-refractivity contribution in [3.8, 4) is 49.6 Å². The maximum Gasteiger partial charge on any atom is 0.339 e. The molecule has 3 aromatic carbocycles. The summed E-state index contributed by atoms with van der Waals surface area (Å²) in [4.78, 5) is 14.3. The molecule has 0 saturated carbocycles. The summed E-state index contributed by atoms with van der Waals surface area (Å²) in [5.41, 5.74) is 4.40. The first-order valence-electron chi connectivity index (χ1n) is 14.7. The van der Waals surface area contributed by atoms with E-state index < -0.39 is 5.63 Å². The Hall–Kier alpha value is -4.93. The van der Waals surface area contributed by atoms with Crippen LogP contribution in [0, 0.1) is 0 Å². The molecule has 0 radical (unpaired) electrons. The molecule has 0 amide bonds. The average Bonchev–Trinajstić information content (AvgIpc) is 3.78. The molecule has 0 aliphatic carbocycles. The standard InChI is InChI=1S/C35H25NO7S2/c37-31-17-28(22-3-1-2-4-27(22)43-31)38-10-9-36-25-7-5-20(34-32-29(18-44-34)39-11-13-41-32)15-23(25)24-16-21(6-8-26(24)36)35-33-30(19-45-35)40-12-14-42-33/h1-8,15-19H,9-14H2. The third-order valence-electron chi connectivity index (χ3n) is 8.18. The Balaban J connectivity index is 1.15. The van der Waals surface area contributed by atoms with Crippen LogP contribution in [0.4, 0.5) is 0 Å². The smallest absolute Gasteiger partial charge is 0.339 e. The van der Waals surface area contributed by atoms with Crippen LogP contribution in [0.25, 0.3) is 53.7 Å². The highest BCUT2D eigenvalue weighted by atomic mass is 32.1. The highest BCUT2D eigenvalue weighted by Crippen LogP contribution is 2.48. The molecule has 10 heteroatoms. The third-order valence-corrected chi connectivity index (χ3v) is 10.2. The third kappa shape index (κ3) is 4.43. The summed E-state index contributed by atoms with van der Waals surface area (Å²) < 4.78 is 37.5. The van der Waals surface area contributed by atoms with Crippen molar-refractivity contribution < 1.29 is 28.1 Å². The molecule has 0 spiro atoms. The van der Waals surface area contributed by atoms with Gasteiger partial charge in [-0.3, -0.25) is 0 Å². The molecule has 0 saturated heterocycles. The fourth-order valence-corrected chi connectivity index (χ4v) is 8.06. The minimum Gasteiger partial charge on any atom is -0.491 e. The summed E-state index contributed by atoms with van der Waals surface area (Å²) >= 11 is 3.26. The molecule has 0 atom stereocenters. The molecule has 0 fully saturated rings. The van der Waals surface area contributed by atoms with Gasteiger partial charge in [0, 0.05) is 32.6 Å². The molecule has 2 aliphatic heterocycles. The number of ether oxygens (including phenoxy) is 5. The summed E-state index contributed by atoms with van der Waals surface area (Å²) in [5.74, 6) is 3.74. The zero-order valence-electron chi connectivity index (χ0n) is 23.9. The van der Waals surface area contributed by atoms with Crippen LogP contribution >= 0.6 is 22.7 Å². The first kappa shape index (κ1) is 26.5. The minimum atomic E-state index is -0.434. The average molecular weight is 636 g/mol. The number of para-hydroxylation sites is 1. The van der Waals surface area contributed by atoms with E-state index in [1.54, 1.807) is 28.7 Å². The molecule has 0 N–H and O–H groups in total. The summed E-state index contributed by atoms with van der Waals surface area (Å²) in [5, 5.41) is 7.04. The van der Waals surface area contributed by atoms with E-state index in [9.17, 15) is 4.79 Å². The van der Waals surface area contributed by atoms with Gasteiger partial charge in [0.05, 0.1) is 27.8 Å². The fraction of sp³-hybridized carbons (Fsp3) is 0.171. The lowest BCUT2D eigenvalue weighted by Crippen LogP contribution is -2.14. The molecule has 6 heterocycles. The van der Waals surface area contributed by atoms with Gasteiger partial charge in [0.25, 0.3) is 0 Å². The van der Waals surface area contributed by atoms with Crippen LogP contribution in [0.15, 0.2) is 86.7 Å². The predicted molar refractivity (Wildman–Crippen MR) is 176 cm³/mol. The molecule has 8 nitrogen and oxygen atoms in total. The normalized spacial score (nSPS) is 14.0. The number of nitrogens with zero attached hydrogens (tertiary/aromatic N) is 1. The molecule has 45 heavy (non-hydrogen) atoms. The Kier molecular flexibility index (Phi) is 6.24. The molecular formula is C35H25NO7S2. The van der Waals surface area contributed by atoms with Gasteiger partial charge >= 0.3 is 5.63 Å². The van der Waals surface area contributed by atoms with Crippen LogP contribution in [0.3, 0.4) is 0 Å². The first-order valence-corrected chi connectivity index (χ1v) is 16.4. The topological polar surface area (TPSA) is 81.3 Å². The van der Waals surface area contributed by atoms with E-state index in [0.717, 1.165) is 71.1 Å². The highest BCUT2D eigenvalue weighted by Gasteiger charge is 2.23. The molecule has 0 unspecified atom stereocenters. The van der Waals surface area contributed by atoms with E-state index in [0.29, 0.717) is 50.9 Å². The Morgan fingerprint density at radius 1 is 0.689 bits per heavy atom. The van der Waals surface area contributed by atoms with Crippen LogP contribution in [0.1, 0.15) is 0 Å². The largest absolute Gasteiger partial charge is 0.491 e. The summed E-state index contributed by atoms with van der Waals surface area (Å²) in [6.07, 6.45) is 0. The summed E-state index contributed by atoms with van der Waals surface area (Å²) in [6, 6.07) is 21.9. The zero-order chi connectivity index (χ0) is 29.9. The predicted octanol–water partition coefficient (Wildman–Crippen LogP) is 7.98. The minimum absolute atomic E-state index is 0.364. The van der Waals surface area contributed by atoms with Gasteiger partial charge in [0.15, 0.2) is 23.0 Å². The van der Waals surface area contributed by atoms with Crippen molar-refractivity contribution in [1.29, 1.82) is 0 Å². The van der Waals surface area contributed by atoms with Gasteiger partial charge < -0.3 is 32.7 Å². The van der Waals surface area contributed by atoms with E-state index in [2.05, 4.69) is 41.0 Å². The van der Waals surface area contributed by atoms with Crippen molar-refractivity contribution >= 4 is 55.4 Å². The van der Waals surface area contributed by atoms with Gasteiger partial charge in [0.2, 0.25) is 0 Å². The van der Waals surface area contributed by atoms with Crippen molar-refractivity contribution in [1.82, 2.24) is 4.57 Å². The monoisotopic (exact) mass is 635 g/mol. The van der Waals surface area contributed by atoms with E-state index in [1.807, 2.05) is 29.0 Å². The second-order valence-electron chi connectivity index (χ2n) is 10.8. The second kappa shape index (κ2) is 10.6. The van der Waals surface area contributed by atoms with Gasteiger partial charge in [-0.2, -0.15) is 0 Å². The summed E-state index contributed by atoms with van der Waals surface area (Å²) in [7, 11) is 0. The number of benzene rings is 3. The maximum absolute atomic E-state index is 12.2. The van der Waals surface area contributed by atoms with Gasteiger partial charge in [-0.25, -0.2) is 4.79 Å². The van der Waals surface area contributed by atoms with Crippen molar-refractivity contribution in [2.24, 2.45) is 0 Å². The zero-order valence-corrected chi connectivity index (χ0v) is 25.5. The number of fused-ring (bicyclic) bond motifs is 6. The van der Waals surface area contributed by atoms with E-state index >= 15 is 0 Å². The molecule has 9 rings (SSSR count). The molecule has 4 aromatic heterocycles. The lowest BCUT2D eigenvalue weighted by Gasteiger charge is -2.16. The first-order chi connectivity index (χ1) is 22.2. The lowest BCUT2D eigenvalue weighted by atomic mass is 10.1. The van der Waals surface area contributed by atoms with Crippen LogP contribution < -0.4 is 29.3 Å². The number of thiophene rings is 2. The number of aromatic nitrogens is 1. The van der Waals surface area contributed by atoms with Crippen LogP contribution in [-0.2, 0) is 6.54 Å². The Labute approximate surface area is 264 Å². The van der Waals surface area contributed by atoms with Crippen molar-refractivity contribution in [2.45, 2.75) is 6.54 Å². The second-order valence-corrected chi connectivity index (χ2v) is 12.6. The van der Waals surface area contributed by atoms with Crippen molar-refractivity contribution in [2.75, 3.05) is 33.0 Å². The fourth-order valence-electron chi connectivity index (χ4n) is 6.20. The number of hydrogen-bond acceptors (Lipinski definition) is 9. The molecule has 2 aliphatic rings. The van der Waals surface area contributed by atoms with E-state index in [1.165, 1.54) is 6.07 Å². The molecule has 0 bridgehead atoms. The quantitative estimate of drug-likeness (QED) is 0.171. The van der Waals surface area contributed by atoms with Gasteiger partial charge in [-0.15, -0.1) is 22.7 Å². The molecule has 224 valence electrons. The lowest BCUT2D eigenvalue weighted by molar-refractivity contribution is 0.174. The number of hydrogen-bond donors (Lipinski definition) is 0. The molecular weight excluding hydrogens is 611 g/mol. The van der Waals surface area contributed by atoms with Crippen molar-refractivity contribution in [3.63, 3.8) is 0 Å². The maximum atomic E-state index is 12.2. The Morgan fingerprint density at radius 2 is 1.29 bits per heavy atom. The van der Waals surface area contributed by atoms with Gasteiger partial charge in [0.1, 0.15) is 44.4 Å². The van der Waals surface area contributed by atoms with Crippen LogP contribution in [0.2, 0.25) is 0 Å². The van der Waals surface area contributed by atoms with E-state index in [4.69, 9.17) is 28.1 Å². The Bertz CT molecular complexity index is 2200. The van der Waals surface area contributed by atoms with Crippen LogP contribution in [-0.4, -0.2) is 37.6 Å². The SMILES string of the molecule is O=c1cc(OCCn2c3ccc(-c4scc5c4OCCO5)cc3c3cc(-c4scc5c4OCCO5)ccc32)c2ccccc2o1. The summed E-state index contributed by atoms with van der Waals surface area (Å²) in [6.45, 7) is 3.14.